The van der Waals surface area contributed by atoms with E-state index in [-0.39, 0.29) is 35.5 Å². The highest BCUT2D eigenvalue weighted by Crippen LogP contribution is 2.22. The number of aryl methyl sites for hydroxylation is 1. The van der Waals surface area contributed by atoms with Crippen LogP contribution in [-0.4, -0.2) is 55.0 Å². The van der Waals surface area contributed by atoms with Crippen molar-refractivity contribution in [1.29, 1.82) is 0 Å². The van der Waals surface area contributed by atoms with Gasteiger partial charge >= 0.3 is 5.97 Å². The molecule has 1 aliphatic heterocycles. The van der Waals surface area contributed by atoms with Crippen molar-refractivity contribution in [2.24, 2.45) is 10.7 Å². The molecule has 2 amide bonds. The van der Waals surface area contributed by atoms with Gasteiger partial charge in [-0.1, -0.05) is 62.8 Å². The molecule has 2 aromatic rings. The van der Waals surface area contributed by atoms with Crippen LogP contribution in [0.4, 0.5) is 15.8 Å². The number of carboxylic acid groups (broad SMARTS) is 1. The molecule has 7 N–H and O–H groups in total. The number of rotatable bonds is 8. The molecular weight excluding hydrogens is 663 g/mol. The van der Waals surface area contributed by atoms with E-state index >= 15 is 0 Å². The van der Waals surface area contributed by atoms with Gasteiger partial charge in [0.05, 0.1) is 5.57 Å². The number of nitrogens with two attached hydrogens (primary N) is 1. The van der Waals surface area contributed by atoms with Crippen LogP contribution in [0.5, 0.6) is 0 Å². The summed E-state index contributed by atoms with van der Waals surface area (Å²) in [4.78, 5) is 50.0. The predicted molar refractivity (Wildman–Crippen MR) is 210 cm³/mol. The number of anilines is 2. The molecule has 0 spiro atoms. The molecule has 11 nitrogen and oxygen atoms in total. The van der Waals surface area contributed by atoms with Crippen molar-refractivity contribution in [3.05, 3.63) is 120 Å². The number of nitrogens with zero attached hydrogens (tertiary/aromatic N) is 1. The van der Waals surface area contributed by atoms with Crippen LogP contribution in [0.15, 0.2) is 113 Å². The molecule has 2 aliphatic rings. The third-order valence-corrected chi connectivity index (χ3v) is 7.56. The van der Waals surface area contributed by atoms with E-state index < -0.39 is 23.6 Å². The Labute approximate surface area is 307 Å². The molecule has 0 fully saturated rings. The molecule has 0 aromatic heterocycles. The van der Waals surface area contributed by atoms with E-state index in [2.05, 4.69) is 58.5 Å². The van der Waals surface area contributed by atoms with Gasteiger partial charge in [0.25, 0.3) is 11.8 Å². The fourth-order valence-electron chi connectivity index (χ4n) is 4.90. The van der Waals surface area contributed by atoms with Crippen molar-refractivity contribution in [2.75, 3.05) is 24.2 Å². The summed E-state index contributed by atoms with van der Waals surface area (Å²) in [6.45, 7) is 17.9. The van der Waals surface area contributed by atoms with Crippen LogP contribution >= 0.6 is 0 Å². The number of carbonyl (C=O) groups excluding carboxylic acids is 3. The van der Waals surface area contributed by atoms with Crippen LogP contribution in [0.2, 0.25) is 0 Å². The largest absolute Gasteiger partial charge is 0.478 e. The number of carbonyl (C=O) groups is 4. The number of aliphatic carboxylic acids is 1. The van der Waals surface area contributed by atoms with Crippen molar-refractivity contribution in [2.45, 2.75) is 72.8 Å². The van der Waals surface area contributed by atoms with Crippen LogP contribution in [0.3, 0.4) is 0 Å². The summed E-state index contributed by atoms with van der Waals surface area (Å²) in [6.07, 6.45) is 7.83. The Kier molecular flexibility index (Phi) is 23.4. The first-order chi connectivity index (χ1) is 25.1. The van der Waals surface area contributed by atoms with Crippen molar-refractivity contribution in [1.82, 2.24) is 10.6 Å². The zero-order valence-electron chi connectivity index (χ0n) is 31.3. The van der Waals surface area contributed by atoms with Crippen LogP contribution in [-0.2, 0) is 19.2 Å². The topological polar surface area (TPSA) is 175 Å². The lowest BCUT2D eigenvalue weighted by Gasteiger charge is -2.22. The highest BCUT2D eigenvalue weighted by atomic mass is 19.1. The zero-order valence-corrected chi connectivity index (χ0v) is 31.3. The van der Waals surface area contributed by atoms with E-state index in [1.165, 1.54) is 35.5 Å². The third kappa shape index (κ3) is 15.5. The zero-order chi connectivity index (χ0) is 39.6. The lowest BCUT2D eigenvalue weighted by atomic mass is 9.99. The van der Waals surface area contributed by atoms with Gasteiger partial charge in [0, 0.05) is 31.0 Å². The number of amides is 2. The summed E-state index contributed by atoms with van der Waals surface area (Å²) in [5, 5.41) is 21.1. The van der Waals surface area contributed by atoms with Crippen molar-refractivity contribution >= 4 is 41.7 Å². The molecule has 0 saturated carbocycles. The lowest BCUT2D eigenvalue weighted by molar-refractivity contribution is -0.132. The van der Waals surface area contributed by atoms with E-state index in [1.807, 2.05) is 46.7 Å². The number of allylic oxidation sites excluding steroid dienone is 1. The Morgan fingerprint density at radius 1 is 1.08 bits per heavy atom. The summed E-state index contributed by atoms with van der Waals surface area (Å²) < 4.78 is 13.5. The normalized spacial score (nSPS) is 17.7. The van der Waals surface area contributed by atoms with Gasteiger partial charge in [-0.2, -0.15) is 0 Å². The number of halogens is 1. The Hall–Kier alpha value is -5.62. The Balaban J connectivity index is 0.00000146. The molecule has 1 aliphatic carbocycles. The summed E-state index contributed by atoms with van der Waals surface area (Å²) in [5.74, 6) is -2.21. The van der Waals surface area contributed by atoms with Gasteiger partial charge in [-0.15, -0.1) is 13.2 Å². The number of nitrogens with one attached hydrogen (secondary N) is 4. The molecule has 2 aromatic carbocycles. The third-order valence-electron chi connectivity index (χ3n) is 7.56. The highest BCUT2D eigenvalue weighted by molar-refractivity contribution is 6.48. The Bertz CT molecular complexity index is 1630. The second kappa shape index (κ2) is 26.2. The molecule has 12 heteroatoms. The molecule has 1 unspecified atom stereocenters. The lowest BCUT2D eigenvalue weighted by Crippen LogP contribution is -2.41. The van der Waals surface area contributed by atoms with Crippen molar-refractivity contribution in [3.8, 4) is 0 Å². The number of hydrogen-bond donors (Lipinski definition) is 6. The minimum atomic E-state index is -0.954. The number of aliphatic imine (C=N–C) groups is 1. The summed E-state index contributed by atoms with van der Waals surface area (Å²) in [6, 6.07) is 13.4. The van der Waals surface area contributed by atoms with E-state index in [0.717, 1.165) is 12.0 Å². The average Bonchev–Trinajstić information content (AvgIpc) is 3.27. The van der Waals surface area contributed by atoms with Gasteiger partial charge < -0.3 is 36.9 Å². The standard InChI is InChI=1S/C27H32FN5O4.C8H11N.C2H6.C2H4.CH2O/c1-3-17-7-4-9-19(10-6-12-21(17)27(36)37)30-25(34)22-14-23(33-24(32-22)16(2)15-29)26(35)31-20-11-5-8-18(28)13-20;1-7-5-3-4-6-8(7)9-2;3*1-2/h5-6,8,11-14,19,32H,3-4,7,9-10,15,29H2,1-2H3,(H,30,34)(H,31,35)(H,36,37);3-6,9H,1-2H3;1-2H3;1-2H2;1H2/b12-6-,21-17+,24-16+;;;;. The fraction of sp³-hybridized carbons (Fsp3) is 0.325. The van der Waals surface area contributed by atoms with Crippen LogP contribution in [0.1, 0.15) is 65.4 Å². The SMILES string of the molecule is C=C.C=O.CC.CC/C1=C(C(=O)O)/C=C\CC(NC(=O)C2=CC(C(=O)Nc3cccc(F)c3)=N/C(=C(\C)CN)N2)CCC1.CNc1ccccc1C. The maximum atomic E-state index is 13.5. The second-order valence-electron chi connectivity index (χ2n) is 10.9. The van der Waals surface area contributed by atoms with Gasteiger partial charge in [-0.25, -0.2) is 14.2 Å². The minimum absolute atomic E-state index is 0.0341. The van der Waals surface area contributed by atoms with E-state index in [4.69, 9.17) is 10.5 Å². The maximum Gasteiger partial charge on any atom is 0.335 e. The van der Waals surface area contributed by atoms with Gasteiger partial charge in [0.1, 0.15) is 29.8 Å². The van der Waals surface area contributed by atoms with Crippen LogP contribution in [0.25, 0.3) is 0 Å². The number of carboxylic acids is 1. The van der Waals surface area contributed by atoms with Gasteiger partial charge in [0.2, 0.25) is 0 Å². The molecule has 0 bridgehead atoms. The number of benzene rings is 2. The fourth-order valence-corrected chi connectivity index (χ4v) is 4.90. The van der Waals surface area contributed by atoms with Crippen LogP contribution in [0, 0.1) is 12.7 Å². The molecule has 282 valence electrons. The van der Waals surface area contributed by atoms with E-state index in [9.17, 15) is 23.9 Å². The molecular formula is C40H55FN6O5. The molecule has 4 rings (SSSR count). The maximum absolute atomic E-state index is 13.5. The van der Waals surface area contributed by atoms with Crippen molar-refractivity contribution in [3.63, 3.8) is 0 Å². The van der Waals surface area contributed by atoms with Gasteiger partial charge in [-0.3, -0.25) is 9.59 Å². The number of hydrogen-bond acceptors (Lipinski definition) is 8. The molecule has 1 heterocycles. The molecule has 1 atom stereocenters. The predicted octanol–water partition coefficient (Wildman–Crippen LogP) is 6.97. The summed E-state index contributed by atoms with van der Waals surface area (Å²) in [7, 11) is 1.93. The molecule has 0 saturated heterocycles. The van der Waals surface area contributed by atoms with E-state index in [1.54, 1.807) is 25.1 Å². The Morgan fingerprint density at radius 3 is 2.31 bits per heavy atom. The van der Waals surface area contributed by atoms with Crippen molar-refractivity contribution < 1.29 is 28.7 Å². The summed E-state index contributed by atoms with van der Waals surface area (Å²) in [5.41, 5.74) is 10.4. The molecule has 0 radical (unpaired) electrons. The minimum Gasteiger partial charge on any atom is -0.478 e. The second-order valence-corrected chi connectivity index (χ2v) is 10.9. The Morgan fingerprint density at radius 2 is 1.75 bits per heavy atom. The number of para-hydroxylation sites is 1. The monoisotopic (exact) mass is 718 g/mol. The first-order valence-electron chi connectivity index (χ1n) is 17.0. The average molecular weight is 719 g/mol. The quantitative estimate of drug-likeness (QED) is 0.159. The first kappa shape index (κ1) is 46.4. The highest BCUT2D eigenvalue weighted by Gasteiger charge is 2.24. The van der Waals surface area contributed by atoms with Gasteiger partial charge in [0.15, 0.2) is 0 Å². The van der Waals surface area contributed by atoms with E-state index in [0.29, 0.717) is 36.8 Å². The first-order valence-corrected chi connectivity index (χ1v) is 17.0. The van der Waals surface area contributed by atoms with Gasteiger partial charge in [-0.05, 0) is 87.4 Å². The summed E-state index contributed by atoms with van der Waals surface area (Å²) >= 11 is 0. The smallest absolute Gasteiger partial charge is 0.335 e. The molecule has 52 heavy (non-hydrogen) atoms. The van der Waals surface area contributed by atoms with Crippen LogP contribution < -0.4 is 27.0 Å².